The maximum absolute atomic E-state index is 13.8. The summed E-state index contributed by atoms with van der Waals surface area (Å²) in [5.74, 6) is -0.878. The summed E-state index contributed by atoms with van der Waals surface area (Å²) in [4.78, 5) is 12.6. The van der Waals surface area contributed by atoms with Crippen LogP contribution < -0.4 is 15.4 Å². The minimum Gasteiger partial charge on any atom is -0.435 e. The molecule has 0 radical (unpaired) electrons. The average Bonchev–Trinajstić information content (AvgIpc) is 2.74. The van der Waals surface area contributed by atoms with Gasteiger partial charge in [0.15, 0.2) is 0 Å². The van der Waals surface area contributed by atoms with Crippen LogP contribution in [-0.2, 0) is 4.79 Å². The van der Waals surface area contributed by atoms with E-state index in [1.807, 2.05) is 30.3 Å². The van der Waals surface area contributed by atoms with E-state index in [0.717, 1.165) is 11.1 Å². The van der Waals surface area contributed by atoms with E-state index in [-0.39, 0.29) is 11.4 Å². The number of rotatable bonds is 8. The second kappa shape index (κ2) is 9.93. The summed E-state index contributed by atoms with van der Waals surface area (Å²) in [6.07, 6.45) is 0. The van der Waals surface area contributed by atoms with Crippen molar-refractivity contribution < 1.29 is 22.7 Å². The number of hydrogen-bond acceptors (Lipinski definition) is 3. The quantitative estimate of drug-likeness (QED) is 0.537. The van der Waals surface area contributed by atoms with Crippen LogP contribution in [0.5, 0.6) is 5.75 Å². The highest BCUT2D eigenvalue weighted by molar-refractivity contribution is 5.94. The predicted octanol–water partition coefficient (Wildman–Crippen LogP) is 5.13. The number of carbonyl (C=O) groups excluding carboxylic acids is 1. The first-order chi connectivity index (χ1) is 14.4. The van der Waals surface area contributed by atoms with Gasteiger partial charge in [0.25, 0.3) is 0 Å². The summed E-state index contributed by atoms with van der Waals surface area (Å²) < 4.78 is 43.0. The molecular weight excluding hydrogens is 393 g/mol. The van der Waals surface area contributed by atoms with Gasteiger partial charge in [-0.25, -0.2) is 4.39 Å². The maximum atomic E-state index is 13.8. The Labute approximate surface area is 172 Å². The number of halogens is 3. The lowest BCUT2D eigenvalue weighted by Crippen LogP contribution is -2.40. The first-order valence-electron chi connectivity index (χ1n) is 9.35. The van der Waals surface area contributed by atoms with E-state index >= 15 is 0 Å². The van der Waals surface area contributed by atoms with E-state index in [1.165, 1.54) is 24.3 Å². The number of alkyl halides is 2. The molecule has 0 saturated heterocycles. The number of benzene rings is 3. The molecule has 0 bridgehead atoms. The smallest absolute Gasteiger partial charge is 0.387 e. The normalized spacial score (nSPS) is 13.0. The van der Waals surface area contributed by atoms with E-state index in [9.17, 15) is 18.0 Å². The molecule has 2 N–H and O–H groups in total. The van der Waals surface area contributed by atoms with Crippen molar-refractivity contribution in [3.63, 3.8) is 0 Å². The number of amides is 1. The molecule has 0 aliphatic heterocycles. The SMILES string of the molecule is C[C@@H](N[C@H](c1ccccc1)c1ccc(OC(F)F)cc1)C(=O)Nc1ccccc1F. The van der Waals surface area contributed by atoms with E-state index in [2.05, 4.69) is 15.4 Å². The van der Waals surface area contributed by atoms with E-state index in [0.29, 0.717) is 0 Å². The Balaban J connectivity index is 1.79. The van der Waals surface area contributed by atoms with Gasteiger partial charge in [0.2, 0.25) is 5.91 Å². The molecule has 3 aromatic carbocycles. The maximum Gasteiger partial charge on any atom is 0.387 e. The van der Waals surface area contributed by atoms with Crippen LogP contribution >= 0.6 is 0 Å². The van der Waals surface area contributed by atoms with Crippen molar-refractivity contribution in [1.82, 2.24) is 5.32 Å². The topological polar surface area (TPSA) is 50.4 Å². The lowest BCUT2D eigenvalue weighted by atomic mass is 9.97. The van der Waals surface area contributed by atoms with Crippen LogP contribution in [0.25, 0.3) is 0 Å². The largest absolute Gasteiger partial charge is 0.435 e. The zero-order valence-electron chi connectivity index (χ0n) is 16.2. The van der Waals surface area contributed by atoms with Crippen LogP contribution in [0.1, 0.15) is 24.1 Å². The first kappa shape index (κ1) is 21.4. The molecule has 4 nitrogen and oxygen atoms in total. The lowest BCUT2D eigenvalue weighted by Gasteiger charge is -2.24. The van der Waals surface area contributed by atoms with Gasteiger partial charge in [-0.1, -0.05) is 54.6 Å². The van der Waals surface area contributed by atoms with Gasteiger partial charge in [0.1, 0.15) is 11.6 Å². The fourth-order valence-corrected chi connectivity index (χ4v) is 3.00. The van der Waals surface area contributed by atoms with Gasteiger partial charge in [-0.15, -0.1) is 0 Å². The van der Waals surface area contributed by atoms with Gasteiger partial charge in [0.05, 0.1) is 17.8 Å². The number of nitrogens with one attached hydrogen (secondary N) is 2. The minimum absolute atomic E-state index is 0.0471. The second-order valence-corrected chi connectivity index (χ2v) is 6.65. The van der Waals surface area contributed by atoms with Crippen molar-refractivity contribution in [2.75, 3.05) is 5.32 Å². The lowest BCUT2D eigenvalue weighted by molar-refractivity contribution is -0.117. The Morgan fingerprint density at radius 1 is 0.867 bits per heavy atom. The van der Waals surface area contributed by atoms with Crippen molar-refractivity contribution in [3.8, 4) is 5.75 Å². The number of hydrogen-bond donors (Lipinski definition) is 2. The van der Waals surface area contributed by atoms with Gasteiger partial charge in [-0.2, -0.15) is 8.78 Å². The molecule has 2 atom stereocenters. The monoisotopic (exact) mass is 414 g/mol. The van der Waals surface area contributed by atoms with Crippen LogP contribution in [0, 0.1) is 5.82 Å². The molecule has 0 aromatic heterocycles. The number of para-hydroxylation sites is 1. The molecule has 3 aromatic rings. The summed E-state index contributed by atoms with van der Waals surface area (Å²) >= 11 is 0. The van der Waals surface area contributed by atoms with E-state index < -0.39 is 30.4 Å². The van der Waals surface area contributed by atoms with Gasteiger partial charge in [-0.3, -0.25) is 10.1 Å². The molecule has 0 heterocycles. The molecule has 0 saturated carbocycles. The molecule has 0 aliphatic carbocycles. The molecule has 0 aliphatic rings. The predicted molar refractivity (Wildman–Crippen MR) is 109 cm³/mol. The number of carbonyl (C=O) groups is 1. The fourth-order valence-electron chi connectivity index (χ4n) is 3.00. The number of anilines is 1. The molecule has 156 valence electrons. The minimum atomic E-state index is -2.90. The Kier molecular flexibility index (Phi) is 7.08. The zero-order chi connectivity index (χ0) is 21.5. The van der Waals surface area contributed by atoms with Crippen molar-refractivity contribution in [3.05, 3.63) is 95.8 Å². The van der Waals surface area contributed by atoms with Crippen LogP contribution in [-0.4, -0.2) is 18.6 Å². The molecule has 1 amide bonds. The molecule has 0 fully saturated rings. The molecule has 30 heavy (non-hydrogen) atoms. The van der Waals surface area contributed by atoms with E-state index in [4.69, 9.17) is 0 Å². The summed E-state index contributed by atoms with van der Waals surface area (Å²) in [6.45, 7) is -1.23. The van der Waals surface area contributed by atoms with E-state index in [1.54, 1.807) is 31.2 Å². The van der Waals surface area contributed by atoms with Crippen molar-refractivity contribution in [1.29, 1.82) is 0 Å². The Hall–Kier alpha value is -3.32. The van der Waals surface area contributed by atoms with Crippen LogP contribution in [0.3, 0.4) is 0 Å². The zero-order valence-corrected chi connectivity index (χ0v) is 16.2. The number of ether oxygens (including phenoxy) is 1. The summed E-state index contributed by atoms with van der Waals surface area (Å²) in [5, 5.41) is 5.80. The van der Waals surface area contributed by atoms with Crippen molar-refractivity contribution in [2.24, 2.45) is 0 Å². The van der Waals surface area contributed by atoms with Gasteiger partial charge in [0, 0.05) is 0 Å². The van der Waals surface area contributed by atoms with Gasteiger partial charge >= 0.3 is 6.61 Å². The van der Waals surface area contributed by atoms with Crippen LogP contribution in [0.2, 0.25) is 0 Å². The highest BCUT2D eigenvalue weighted by Crippen LogP contribution is 2.25. The van der Waals surface area contributed by atoms with Crippen LogP contribution in [0.4, 0.5) is 18.9 Å². The van der Waals surface area contributed by atoms with Crippen molar-refractivity contribution in [2.45, 2.75) is 25.6 Å². The Morgan fingerprint density at radius 3 is 2.10 bits per heavy atom. The third-order valence-electron chi connectivity index (χ3n) is 4.51. The Morgan fingerprint density at radius 2 is 1.47 bits per heavy atom. The molecular formula is C23H21F3N2O2. The first-order valence-corrected chi connectivity index (χ1v) is 9.35. The second-order valence-electron chi connectivity index (χ2n) is 6.65. The summed E-state index contributed by atoms with van der Waals surface area (Å²) in [5.41, 5.74) is 1.74. The van der Waals surface area contributed by atoms with Gasteiger partial charge in [-0.05, 0) is 42.3 Å². The fraction of sp³-hybridized carbons (Fsp3) is 0.174. The highest BCUT2D eigenvalue weighted by Gasteiger charge is 2.21. The molecule has 3 rings (SSSR count). The molecule has 7 heteroatoms. The molecule has 0 spiro atoms. The standard InChI is InChI=1S/C23H21F3N2O2/c1-15(22(29)28-20-10-6-5-9-19(20)24)27-21(16-7-3-2-4-8-16)17-11-13-18(14-12-17)30-23(25)26/h2-15,21,23,27H,1H3,(H,28,29)/t15-,21-/m1/s1. The third-order valence-corrected chi connectivity index (χ3v) is 4.51. The van der Waals surface area contributed by atoms with Gasteiger partial charge < -0.3 is 10.1 Å². The van der Waals surface area contributed by atoms with Crippen molar-refractivity contribution >= 4 is 11.6 Å². The Bertz CT molecular complexity index is 966. The third kappa shape index (κ3) is 5.61. The van der Waals surface area contributed by atoms with Crippen LogP contribution in [0.15, 0.2) is 78.9 Å². The highest BCUT2D eigenvalue weighted by atomic mass is 19.3. The average molecular weight is 414 g/mol. The summed E-state index contributed by atoms with van der Waals surface area (Å²) in [7, 11) is 0. The summed E-state index contributed by atoms with van der Waals surface area (Å²) in [6, 6.07) is 20.4. The molecule has 0 unspecified atom stereocenters.